The Balaban J connectivity index is 1.20. The lowest BCUT2D eigenvalue weighted by Crippen LogP contribution is -2.58. The van der Waals surface area contributed by atoms with E-state index in [0.29, 0.717) is 48.3 Å². The Labute approximate surface area is 240 Å². The van der Waals surface area contributed by atoms with Crippen LogP contribution in [0.15, 0.2) is 30.3 Å². The number of methoxy groups -OCH3 is 1. The van der Waals surface area contributed by atoms with Gasteiger partial charge < -0.3 is 20.3 Å². The van der Waals surface area contributed by atoms with Gasteiger partial charge in [0, 0.05) is 12.8 Å². The smallest absolute Gasteiger partial charge is 0.328 e. The molecule has 1 amide bonds. The Bertz CT molecular complexity index is 1050. The van der Waals surface area contributed by atoms with E-state index in [-0.39, 0.29) is 28.9 Å². The largest absolute Gasteiger partial charge is 0.467 e. The first-order chi connectivity index (χ1) is 19.1. The van der Waals surface area contributed by atoms with Gasteiger partial charge in [-0.05, 0) is 110 Å². The molecule has 1 aromatic rings. The Morgan fingerprint density at radius 2 is 1.70 bits per heavy atom. The minimum atomic E-state index is -0.683. The second kappa shape index (κ2) is 11.8. The third-order valence-corrected chi connectivity index (χ3v) is 12.3. The first kappa shape index (κ1) is 29.6. The number of carbonyl (C=O) groups is 2. The molecular weight excluding hydrogens is 502 g/mol. The van der Waals surface area contributed by atoms with Gasteiger partial charge in [0.25, 0.3) is 0 Å². The van der Waals surface area contributed by atoms with Gasteiger partial charge in [-0.15, -0.1) is 0 Å². The highest BCUT2D eigenvalue weighted by Gasteiger charge is 2.62. The maximum absolute atomic E-state index is 13.0. The van der Waals surface area contributed by atoms with Gasteiger partial charge in [-0.3, -0.25) is 4.79 Å². The summed E-state index contributed by atoms with van der Waals surface area (Å²) in [6, 6.07) is 9.03. The Kier molecular flexibility index (Phi) is 8.69. The molecule has 40 heavy (non-hydrogen) atoms. The predicted molar refractivity (Wildman–Crippen MR) is 155 cm³/mol. The molecule has 3 N–H and O–H groups in total. The molecule has 6 nitrogen and oxygen atoms in total. The van der Waals surface area contributed by atoms with Gasteiger partial charge in [0.1, 0.15) is 6.04 Å². The summed E-state index contributed by atoms with van der Waals surface area (Å²) in [7, 11) is 1.36. The number of benzene rings is 1. The number of nitrogens with one attached hydrogen (secondary N) is 1. The van der Waals surface area contributed by atoms with Crippen LogP contribution in [0, 0.1) is 46.3 Å². The lowest BCUT2D eigenvalue weighted by Gasteiger charge is -2.62. The lowest BCUT2D eigenvalue weighted by atomic mass is 9.43. The van der Waals surface area contributed by atoms with Gasteiger partial charge in [0.15, 0.2) is 0 Å². The molecule has 5 rings (SSSR count). The van der Waals surface area contributed by atoms with E-state index < -0.39 is 12.0 Å². The van der Waals surface area contributed by atoms with Crippen molar-refractivity contribution in [2.45, 2.75) is 110 Å². The summed E-state index contributed by atoms with van der Waals surface area (Å²) >= 11 is 0. The Morgan fingerprint density at radius 3 is 2.42 bits per heavy atom. The van der Waals surface area contributed by atoms with E-state index >= 15 is 0 Å². The zero-order valence-electron chi connectivity index (χ0n) is 25.0. The minimum absolute atomic E-state index is 0.0947. The second-order valence-corrected chi connectivity index (χ2v) is 14.3. The molecule has 0 saturated heterocycles. The second-order valence-electron chi connectivity index (χ2n) is 14.3. The molecule has 4 saturated carbocycles. The van der Waals surface area contributed by atoms with Crippen molar-refractivity contribution >= 4 is 11.9 Å². The first-order valence-corrected chi connectivity index (χ1v) is 15.8. The fraction of sp³-hybridized carbons (Fsp3) is 0.765. The molecule has 6 heteroatoms. The van der Waals surface area contributed by atoms with Crippen molar-refractivity contribution in [1.29, 1.82) is 0 Å². The van der Waals surface area contributed by atoms with Crippen molar-refractivity contribution < 1.29 is 24.5 Å². The lowest BCUT2D eigenvalue weighted by molar-refractivity contribution is -0.174. The summed E-state index contributed by atoms with van der Waals surface area (Å²) in [5.74, 6) is 2.30. The number of ether oxygens (including phenoxy) is 1. The summed E-state index contributed by atoms with van der Waals surface area (Å²) < 4.78 is 4.98. The van der Waals surface area contributed by atoms with Crippen LogP contribution in [0.1, 0.15) is 90.5 Å². The molecule has 0 bridgehead atoms. The maximum atomic E-state index is 13.0. The van der Waals surface area contributed by atoms with Crippen molar-refractivity contribution in [2.75, 3.05) is 7.11 Å². The topological polar surface area (TPSA) is 95.9 Å². The highest BCUT2D eigenvalue weighted by molar-refractivity contribution is 5.84. The van der Waals surface area contributed by atoms with Crippen LogP contribution in [0.5, 0.6) is 0 Å². The third-order valence-electron chi connectivity index (χ3n) is 12.3. The number of rotatable bonds is 8. The van der Waals surface area contributed by atoms with E-state index in [2.05, 4.69) is 26.1 Å². The zero-order valence-corrected chi connectivity index (χ0v) is 25.0. The van der Waals surface area contributed by atoms with E-state index in [1.165, 1.54) is 26.4 Å². The fourth-order valence-electron chi connectivity index (χ4n) is 10.2. The number of aliphatic hydroxyl groups excluding tert-OH is 2. The summed E-state index contributed by atoms with van der Waals surface area (Å²) in [6.45, 7) is 7.24. The summed E-state index contributed by atoms with van der Waals surface area (Å²) in [4.78, 5) is 25.4. The van der Waals surface area contributed by atoms with Crippen LogP contribution >= 0.6 is 0 Å². The number of hydrogen-bond donors (Lipinski definition) is 3. The molecule has 0 heterocycles. The van der Waals surface area contributed by atoms with Crippen LogP contribution in [0.4, 0.5) is 0 Å². The van der Waals surface area contributed by atoms with E-state index in [4.69, 9.17) is 4.74 Å². The number of amides is 1. The minimum Gasteiger partial charge on any atom is -0.467 e. The molecule has 11 atom stereocenters. The molecule has 4 aliphatic carbocycles. The van der Waals surface area contributed by atoms with E-state index in [0.717, 1.165) is 44.1 Å². The first-order valence-electron chi connectivity index (χ1n) is 15.8. The Morgan fingerprint density at radius 1 is 1.00 bits per heavy atom. The van der Waals surface area contributed by atoms with Gasteiger partial charge in [0.05, 0.1) is 19.3 Å². The molecule has 1 aromatic carbocycles. The van der Waals surface area contributed by atoms with Gasteiger partial charge in [-0.2, -0.15) is 0 Å². The van der Waals surface area contributed by atoms with E-state index in [1.54, 1.807) is 0 Å². The van der Waals surface area contributed by atoms with Crippen LogP contribution in [-0.2, 0) is 20.7 Å². The fourth-order valence-corrected chi connectivity index (χ4v) is 10.2. The van der Waals surface area contributed by atoms with Gasteiger partial charge in [-0.25, -0.2) is 4.79 Å². The highest BCUT2D eigenvalue weighted by Crippen LogP contribution is 2.68. The average molecular weight is 554 g/mol. The molecule has 0 unspecified atom stereocenters. The average Bonchev–Trinajstić information content (AvgIpc) is 3.29. The van der Waals surface area contributed by atoms with Gasteiger partial charge in [-0.1, -0.05) is 51.1 Å². The quantitative estimate of drug-likeness (QED) is 0.380. The molecule has 0 radical (unpaired) electrons. The monoisotopic (exact) mass is 553 g/mol. The number of carbonyl (C=O) groups excluding carboxylic acids is 2. The summed E-state index contributed by atoms with van der Waals surface area (Å²) in [5, 5.41) is 24.8. The standard InChI is InChI=1S/C34H51NO5/c1-21(10-13-30(38)35-28(32(39)40-4)18-22-8-6-5-7-9-22)25-11-12-26-31-27(15-17-34(25,26)3)33(2)16-14-24(36)19-23(33)20-29(31)37/h5-9,21,23-29,31,36-37H,10-20H2,1-4H3,(H,35,38)/t21-,23-,24-,25+,26-,27-,28+,29+,31+,33+,34-/m1/s1. The number of fused-ring (bicyclic) bond motifs is 5. The number of aliphatic hydroxyl groups is 2. The molecule has 222 valence electrons. The zero-order chi connectivity index (χ0) is 28.7. The molecule has 0 aliphatic heterocycles. The molecular formula is C34H51NO5. The molecule has 4 aliphatic rings. The van der Waals surface area contributed by atoms with Crippen molar-refractivity contribution in [2.24, 2.45) is 46.3 Å². The van der Waals surface area contributed by atoms with Crippen LogP contribution in [0.2, 0.25) is 0 Å². The van der Waals surface area contributed by atoms with Crippen molar-refractivity contribution in [3.8, 4) is 0 Å². The molecule has 0 aromatic heterocycles. The SMILES string of the molecule is COC(=O)[C@H](Cc1ccccc1)NC(=O)CC[C@@H](C)[C@@H]1CC[C@@H]2[C@H]3[C@@H](CC[C@@]21C)[C@@]1(C)CC[C@@H](O)C[C@@H]1C[C@@H]3O. The summed E-state index contributed by atoms with van der Waals surface area (Å²) in [5.41, 5.74) is 1.42. The van der Waals surface area contributed by atoms with Crippen molar-refractivity contribution in [1.82, 2.24) is 5.32 Å². The maximum Gasteiger partial charge on any atom is 0.328 e. The summed E-state index contributed by atoms with van der Waals surface area (Å²) in [6.07, 6.45) is 9.52. The predicted octanol–water partition coefficient (Wildman–Crippen LogP) is 5.29. The number of hydrogen-bond acceptors (Lipinski definition) is 5. The number of esters is 1. The molecule has 4 fully saturated rings. The normalized spacial score (nSPS) is 40.2. The van der Waals surface area contributed by atoms with Gasteiger partial charge in [0.2, 0.25) is 5.91 Å². The van der Waals surface area contributed by atoms with Crippen LogP contribution in [0.25, 0.3) is 0 Å². The van der Waals surface area contributed by atoms with E-state index in [9.17, 15) is 19.8 Å². The van der Waals surface area contributed by atoms with Crippen molar-refractivity contribution in [3.63, 3.8) is 0 Å². The van der Waals surface area contributed by atoms with Crippen LogP contribution in [-0.4, -0.2) is 47.4 Å². The third kappa shape index (κ3) is 5.47. The van der Waals surface area contributed by atoms with Crippen LogP contribution in [0.3, 0.4) is 0 Å². The van der Waals surface area contributed by atoms with Crippen molar-refractivity contribution in [3.05, 3.63) is 35.9 Å². The van der Waals surface area contributed by atoms with E-state index in [1.807, 2.05) is 30.3 Å². The van der Waals surface area contributed by atoms with Crippen LogP contribution < -0.4 is 5.32 Å². The Hall–Kier alpha value is -1.92. The van der Waals surface area contributed by atoms with Gasteiger partial charge >= 0.3 is 5.97 Å². The molecule has 0 spiro atoms. The highest BCUT2D eigenvalue weighted by atomic mass is 16.5.